The molecule has 0 fully saturated rings. The summed E-state index contributed by atoms with van der Waals surface area (Å²) in [5, 5.41) is 11.3. The number of nitrogens with two attached hydrogens (primary N) is 1. The molecule has 2 aromatic rings. The van der Waals surface area contributed by atoms with E-state index in [0.717, 1.165) is 5.56 Å². The number of nitriles is 1. The molecule has 1 aromatic carbocycles. The molecule has 0 aliphatic heterocycles. The van der Waals surface area contributed by atoms with E-state index in [1.54, 1.807) is 24.3 Å². The maximum atomic E-state index is 13.6. The van der Waals surface area contributed by atoms with Crippen molar-refractivity contribution in [2.24, 2.45) is 0 Å². The van der Waals surface area contributed by atoms with Crippen LogP contribution in [0.15, 0.2) is 36.5 Å². The lowest BCUT2D eigenvalue weighted by Crippen LogP contribution is -2.24. The van der Waals surface area contributed by atoms with Crippen LogP contribution in [0.2, 0.25) is 0 Å². The molecule has 0 bridgehead atoms. The standard InChI is InChI=1S/C14H11FN4O/c15-12-11(4-5-18-13(12)17)14(20)19-8-10-3-1-2-9(6-10)7-16/h1-6H,8H2,(H2,17,18)(H,19,20). The molecule has 6 heteroatoms. The number of rotatable bonds is 3. The lowest BCUT2D eigenvalue weighted by molar-refractivity contribution is 0.0947. The summed E-state index contributed by atoms with van der Waals surface area (Å²) in [6.45, 7) is 0.190. The predicted octanol–water partition coefficient (Wildman–Crippen LogP) is 1.60. The topological polar surface area (TPSA) is 91.8 Å². The first-order valence-electron chi connectivity index (χ1n) is 5.79. The van der Waals surface area contributed by atoms with Crippen LogP contribution in [0.25, 0.3) is 0 Å². The summed E-state index contributed by atoms with van der Waals surface area (Å²) in [5.74, 6) is -1.74. The van der Waals surface area contributed by atoms with Gasteiger partial charge in [0.2, 0.25) is 0 Å². The Balaban J connectivity index is 2.09. The monoisotopic (exact) mass is 270 g/mol. The van der Waals surface area contributed by atoms with Crippen LogP contribution in [0.1, 0.15) is 21.5 Å². The number of carbonyl (C=O) groups is 1. The number of hydrogen-bond acceptors (Lipinski definition) is 4. The van der Waals surface area contributed by atoms with Gasteiger partial charge in [0.25, 0.3) is 5.91 Å². The van der Waals surface area contributed by atoms with Gasteiger partial charge in [-0.05, 0) is 23.8 Å². The van der Waals surface area contributed by atoms with Gasteiger partial charge in [-0.15, -0.1) is 0 Å². The molecule has 0 saturated carbocycles. The fourth-order valence-electron chi connectivity index (χ4n) is 1.66. The Bertz CT molecular complexity index is 694. The number of pyridine rings is 1. The molecule has 1 amide bonds. The number of nitrogens with zero attached hydrogens (tertiary/aromatic N) is 2. The minimum absolute atomic E-state index is 0.158. The van der Waals surface area contributed by atoms with E-state index >= 15 is 0 Å². The fourth-order valence-corrected chi connectivity index (χ4v) is 1.66. The van der Waals surface area contributed by atoms with Gasteiger partial charge in [0, 0.05) is 12.7 Å². The number of amides is 1. The third-order valence-corrected chi connectivity index (χ3v) is 2.67. The van der Waals surface area contributed by atoms with Crippen molar-refractivity contribution in [3.05, 3.63) is 59.0 Å². The Morgan fingerprint density at radius 1 is 1.45 bits per heavy atom. The Morgan fingerprint density at radius 3 is 3.00 bits per heavy atom. The molecule has 0 aliphatic rings. The van der Waals surface area contributed by atoms with E-state index in [1.165, 1.54) is 12.3 Å². The highest BCUT2D eigenvalue weighted by atomic mass is 19.1. The molecule has 1 heterocycles. The van der Waals surface area contributed by atoms with Gasteiger partial charge in [-0.2, -0.15) is 5.26 Å². The molecule has 0 aliphatic carbocycles. The van der Waals surface area contributed by atoms with Gasteiger partial charge in [-0.25, -0.2) is 9.37 Å². The van der Waals surface area contributed by atoms with Crippen molar-refractivity contribution in [1.29, 1.82) is 5.26 Å². The number of aromatic nitrogens is 1. The smallest absolute Gasteiger partial charge is 0.254 e. The summed E-state index contributed by atoms with van der Waals surface area (Å²) in [6, 6.07) is 10.0. The quantitative estimate of drug-likeness (QED) is 0.886. The Kier molecular flexibility index (Phi) is 3.91. The van der Waals surface area contributed by atoms with Crippen LogP contribution in [0.3, 0.4) is 0 Å². The predicted molar refractivity (Wildman–Crippen MR) is 70.9 cm³/mol. The molecule has 0 spiro atoms. The lowest BCUT2D eigenvalue weighted by Gasteiger charge is -2.07. The maximum Gasteiger partial charge on any atom is 0.254 e. The van der Waals surface area contributed by atoms with Crippen LogP contribution in [0.4, 0.5) is 10.2 Å². The first-order chi connectivity index (χ1) is 9.61. The van der Waals surface area contributed by atoms with Crippen LogP contribution in [-0.2, 0) is 6.54 Å². The number of halogens is 1. The zero-order valence-corrected chi connectivity index (χ0v) is 10.4. The minimum atomic E-state index is -0.837. The van der Waals surface area contributed by atoms with E-state index in [4.69, 9.17) is 11.0 Å². The van der Waals surface area contributed by atoms with E-state index in [-0.39, 0.29) is 17.9 Å². The van der Waals surface area contributed by atoms with E-state index in [1.807, 2.05) is 6.07 Å². The second kappa shape index (κ2) is 5.80. The molecular weight excluding hydrogens is 259 g/mol. The lowest BCUT2D eigenvalue weighted by atomic mass is 10.1. The average Bonchev–Trinajstić information content (AvgIpc) is 2.48. The summed E-state index contributed by atoms with van der Waals surface area (Å²) in [7, 11) is 0. The summed E-state index contributed by atoms with van der Waals surface area (Å²) in [4.78, 5) is 15.4. The van der Waals surface area contributed by atoms with E-state index in [9.17, 15) is 9.18 Å². The third-order valence-electron chi connectivity index (χ3n) is 2.67. The molecule has 0 saturated heterocycles. The Morgan fingerprint density at radius 2 is 2.25 bits per heavy atom. The van der Waals surface area contributed by atoms with Crippen LogP contribution in [0, 0.1) is 17.1 Å². The highest BCUT2D eigenvalue weighted by molar-refractivity contribution is 5.95. The summed E-state index contributed by atoms with van der Waals surface area (Å²) < 4.78 is 13.6. The van der Waals surface area contributed by atoms with Crippen molar-refractivity contribution in [2.45, 2.75) is 6.54 Å². The Labute approximate surface area is 114 Å². The first-order valence-corrected chi connectivity index (χ1v) is 5.79. The second-order valence-corrected chi connectivity index (χ2v) is 4.05. The molecule has 3 N–H and O–H groups in total. The van der Waals surface area contributed by atoms with Crippen LogP contribution < -0.4 is 11.1 Å². The molecular formula is C14H11FN4O. The number of nitrogen functional groups attached to an aromatic ring is 1. The zero-order valence-electron chi connectivity index (χ0n) is 10.4. The molecule has 0 atom stereocenters. The maximum absolute atomic E-state index is 13.6. The number of benzene rings is 1. The number of carbonyl (C=O) groups excluding carboxylic acids is 1. The van der Waals surface area contributed by atoms with Gasteiger partial charge >= 0.3 is 0 Å². The van der Waals surface area contributed by atoms with Crippen molar-refractivity contribution in [3.8, 4) is 6.07 Å². The van der Waals surface area contributed by atoms with E-state index in [2.05, 4.69) is 10.3 Å². The van der Waals surface area contributed by atoms with Gasteiger partial charge in [0.15, 0.2) is 11.6 Å². The largest absolute Gasteiger partial charge is 0.381 e. The van der Waals surface area contributed by atoms with E-state index in [0.29, 0.717) is 5.56 Å². The van der Waals surface area contributed by atoms with Crippen LogP contribution in [0.5, 0.6) is 0 Å². The van der Waals surface area contributed by atoms with Gasteiger partial charge in [0.1, 0.15) is 0 Å². The van der Waals surface area contributed by atoms with Crippen molar-refractivity contribution in [1.82, 2.24) is 10.3 Å². The van der Waals surface area contributed by atoms with Crippen molar-refractivity contribution < 1.29 is 9.18 Å². The molecule has 0 radical (unpaired) electrons. The summed E-state index contributed by atoms with van der Waals surface area (Å²) in [5.41, 5.74) is 6.39. The van der Waals surface area contributed by atoms with Crippen molar-refractivity contribution in [2.75, 3.05) is 5.73 Å². The normalized spacial score (nSPS) is 9.80. The first kappa shape index (κ1) is 13.5. The van der Waals surface area contributed by atoms with Gasteiger partial charge in [-0.1, -0.05) is 12.1 Å². The average molecular weight is 270 g/mol. The minimum Gasteiger partial charge on any atom is -0.381 e. The summed E-state index contributed by atoms with van der Waals surface area (Å²) in [6.07, 6.45) is 1.27. The van der Waals surface area contributed by atoms with Gasteiger partial charge in [-0.3, -0.25) is 4.79 Å². The second-order valence-electron chi connectivity index (χ2n) is 4.05. The van der Waals surface area contributed by atoms with E-state index < -0.39 is 11.7 Å². The van der Waals surface area contributed by atoms with Gasteiger partial charge < -0.3 is 11.1 Å². The summed E-state index contributed by atoms with van der Waals surface area (Å²) >= 11 is 0. The number of anilines is 1. The highest BCUT2D eigenvalue weighted by Gasteiger charge is 2.14. The third kappa shape index (κ3) is 2.90. The van der Waals surface area contributed by atoms with Gasteiger partial charge in [0.05, 0.1) is 17.2 Å². The fraction of sp³-hybridized carbons (Fsp3) is 0.0714. The number of hydrogen-bond donors (Lipinski definition) is 2. The molecule has 2 rings (SSSR count). The molecule has 0 unspecified atom stereocenters. The molecule has 100 valence electrons. The molecule has 1 aromatic heterocycles. The Hall–Kier alpha value is -2.94. The van der Waals surface area contributed by atoms with Crippen molar-refractivity contribution >= 4 is 11.7 Å². The van der Waals surface area contributed by atoms with Crippen LogP contribution >= 0.6 is 0 Å². The zero-order chi connectivity index (χ0) is 14.5. The molecule has 20 heavy (non-hydrogen) atoms. The number of nitrogens with one attached hydrogen (secondary N) is 1. The highest BCUT2D eigenvalue weighted by Crippen LogP contribution is 2.12. The van der Waals surface area contributed by atoms with Crippen molar-refractivity contribution in [3.63, 3.8) is 0 Å². The SMILES string of the molecule is N#Cc1cccc(CNC(=O)c2ccnc(N)c2F)c1. The van der Waals surface area contributed by atoms with Crippen LogP contribution in [-0.4, -0.2) is 10.9 Å². The molecule has 5 nitrogen and oxygen atoms in total.